The van der Waals surface area contributed by atoms with Crippen LogP contribution in [0.5, 0.6) is 5.75 Å². The van der Waals surface area contributed by atoms with Gasteiger partial charge in [0, 0.05) is 19.6 Å². The first-order valence-electron chi connectivity index (χ1n) is 8.37. The quantitative estimate of drug-likeness (QED) is 0.279. The number of hydrogen-bond acceptors (Lipinski definition) is 5. The Balaban J connectivity index is 2.02. The van der Waals surface area contributed by atoms with Gasteiger partial charge in [0.15, 0.2) is 0 Å². The largest absolute Gasteiger partial charge is 0.494 e. The smallest absolute Gasteiger partial charge is 0.237 e. The van der Waals surface area contributed by atoms with Crippen LogP contribution in [0.25, 0.3) is 0 Å². The fraction of sp³-hybridized carbons (Fsp3) is 0.529. The van der Waals surface area contributed by atoms with E-state index in [2.05, 4.69) is 17.7 Å². The topological polar surface area (TPSA) is 96.7 Å². The molecule has 0 spiro atoms. The van der Waals surface area contributed by atoms with E-state index in [0.29, 0.717) is 26.2 Å². The van der Waals surface area contributed by atoms with E-state index in [0.717, 1.165) is 24.2 Å². The number of rotatable bonds is 8. The second-order valence-electron chi connectivity index (χ2n) is 5.90. The summed E-state index contributed by atoms with van der Waals surface area (Å²) in [6.45, 7) is 4.67. The number of ether oxygens (including phenoxy) is 1. The molecule has 2 amide bonds. The van der Waals surface area contributed by atoms with Crippen molar-refractivity contribution in [2.75, 3.05) is 19.7 Å². The van der Waals surface area contributed by atoms with Gasteiger partial charge in [-0.25, -0.2) is 5.84 Å². The molecule has 1 aromatic rings. The van der Waals surface area contributed by atoms with Crippen molar-refractivity contribution in [3.8, 4) is 5.75 Å². The number of nitrogens with two attached hydrogens (primary N) is 1. The summed E-state index contributed by atoms with van der Waals surface area (Å²) in [7, 11) is 0. The van der Waals surface area contributed by atoms with Gasteiger partial charge in [-0.3, -0.25) is 19.9 Å². The first-order chi connectivity index (χ1) is 11.6. The van der Waals surface area contributed by atoms with E-state index in [1.54, 1.807) is 0 Å². The third kappa shape index (κ3) is 5.21. The second kappa shape index (κ2) is 9.24. The lowest BCUT2D eigenvalue weighted by Crippen LogP contribution is -2.56. The molecule has 2 rings (SSSR count). The number of unbranched alkanes of at least 4 members (excludes halogenated alkanes) is 1. The number of nitrogens with one attached hydrogen (secondary N) is 2. The van der Waals surface area contributed by atoms with Crippen molar-refractivity contribution in [1.29, 1.82) is 0 Å². The van der Waals surface area contributed by atoms with Gasteiger partial charge in [0.25, 0.3) is 0 Å². The van der Waals surface area contributed by atoms with Gasteiger partial charge in [0.05, 0.1) is 19.1 Å². The molecule has 1 atom stereocenters. The number of piperazine rings is 1. The molecule has 0 saturated carbocycles. The highest BCUT2D eigenvalue weighted by Crippen LogP contribution is 2.18. The van der Waals surface area contributed by atoms with Gasteiger partial charge in [-0.2, -0.15) is 0 Å². The number of amides is 2. The van der Waals surface area contributed by atoms with E-state index >= 15 is 0 Å². The predicted molar refractivity (Wildman–Crippen MR) is 91.0 cm³/mol. The maximum absolute atomic E-state index is 12.1. The summed E-state index contributed by atoms with van der Waals surface area (Å²) >= 11 is 0. The minimum Gasteiger partial charge on any atom is -0.494 e. The summed E-state index contributed by atoms with van der Waals surface area (Å²) in [4.78, 5) is 25.7. The van der Waals surface area contributed by atoms with E-state index in [-0.39, 0.29) is 18.2 Å². The monoisotopic (exact) mass is 334 g/mol. The van der Waals surface area contributed by atoms with E-state index in [9.17, 15) is 9.59 Å². The van der Waals surface area contributed by atoms with Gasteiger partial charge in [-0.05, 0) is 24.1 Å². The van der Waals surface area contributed by atoms with Gasteiger partial charge in [0.2, 0.25) is 11.8 Å². The lowest BCUT2D eigenvalue weighted by Gasteiger charge is -2.34. The fourth-order valence-corrected chi connectivity index (χ4v) is 2.71. The average Bonchev–Trinajstić information content (AvgIpc) is 2.58. The van der Waals surface area contributed by atoms with Crippen LogP contribution >= 0.6 is 0 Å². The summed E-state index contributed by atoms with van der Waals surface area (Å²) < 4.78 is 5.73. The Morgan fingerprint density at radius 1 is 1.50 bits per heavy atom. The van der Waals surface area contributed by atoms with Gasteiger partial charge >= 0.3 is 0 Å². The van der Waals surface area contributed by atoms with Gasteiger partial charge in [-0.15, -0.1) is 0 Å². The molecule has 4 N–H and O–H groups in total. The average molecular weight is 334 g/mol. The molecule has 1 unspecified atom stereocenters. The van der Waals surface area contributed by atoms with Crippen molar-refractivity contribution in [3.05, 3.63) is 29.8 Å². The number of carbonyl (C=O) groups is 2. The molecule has 7 heteroatoms. The number of benzene rings is 1. The molecule has 1 saturated heterocycles. The van der Waals surface area contributed by atoms with Crippen LogP contribution < -0.4 is 21.3 Å². The maximum atomic E-state index is 12.1. The van der Waals surface area contributed by atoms with Gasteiger partial charge < -0.3 is 10.1 Å². The third-order valence-corrected chi connectivity index (χ3v) is 4.03. The molecular weight excluding hydrogens is 308 g/mol. The van der Waals surface area contributed by atoms with Crippen molar-refractivity contribution >= 4 is 11.8 Å². The summed E-state index contributed by atoms with van der Waals surface area (Å²) in [5, 5.41) is 2.80. The fourth-order valence-electron chi connectivity index (χ4n) is 2.71. The molecule has 24 heavy (non-hydrogen) atoms. The Kier molecular flexibility index (Phi) is 7.02. The normalized spacial score (nSPS) is 18.1. The number of hydrazine groups is 1. The Morgan fingerprint density at radius 3 is 3.08 bits per heavy atom. The maximum Gasteiger partial charge on any atom is 0.237 e. The number of hydrogen-bond donors (Lipinski definition) is 3. The highest BCUT2D eigenvalue weighted by Gasteiger charge is 2.31. The van der Waals surface area contributed by atoms with Crippen LogP contribution in [0.3, 0.4) is 0 Å². The molecule has 0 bridgehead atoms. The molecule has 132 valence electrons. The van der Waals surface area contributed by atoms with Crippen molar-refractivity contribution in [2.24, 2.45) is 5.84 Å². The van der Waals surface area contributed by atoms with Crippen molar-refractivity contribution in [2.45, 2.75) is 38.8 Å². The first kappa shape index (κ1) is 18.2. The molecule has 0 aromatic heterocycles. The molecule has 0 radical (unpaired) electrons. The van der Waals surface area contributed by atoms with Crippen LogP contribution in [0.2, 0.25) is 0 Å². The molecule has 7 nitrogen and oxygen atoms in total. The predicted octanol–water partition coefficient (Wildman–Crippen LogP) is 0.546. The Morgan fingerprint density at radius 2 is 2.33 bits per heavy atom. The molecular formula is C17H26N4O3. The van der Waals surface area contributed by atoms with Crippen LogP contribution in [0.4, 0.5) is 0 Å². The molecule has 1 aliphatic rings. The SMILES string of the molecule is CCCCOc1cccc(CN2CCNC(=O)C2CC(=O)NN)c1. The number of carbonyl (C=O) groups excluding carboxylic acids is 2. The van der Waals surface area contributed by atoms with Crippen molar-refractivity contribution < 1.29 is 14.3 Å². The summed E-state index contributed by atoms with van der Waals surface area (Å²) in [6.07, 6.45) is 2.16. The minimum absolute atomic E-state index is 0.0506. The summed E-state index contributed by atoms with van der Waals surface area (Å²) in [5.41, 5.74) is 3.14. The zero-order valence-corrected chi connectivity index (χ0v) is 14.1. The minimum atomic E-state index is -0.507. The van der Waals surface area contributed by atoms with Crippen molar-refractivity contribution in [1.82, 2.24) is 15.6 Å². The van der Waals surface area contributed by atoms with Crippen LogP contribution in [-0.4, -0.2) is 42.5 Å². The van der Waals surface area contributed by atoms with E-state index in [1.165, 1.54) is 0 Å². The Labute approximate surface area is 142 Å². The lowest BCUT2D eigenvalue weighted by molar-refractivity contribution is -0.134. The highest BCUT2D eigenvalue weighted by atomic mass is 16.5. The van der Waals surface area contributed by atoms with Crippen LogP contribution in [0.15, 0.2) is 24.3 Å². The van der Waals surface area contributed by atoms with Crippen LogP contribution in [-0.2, 0) is 16.1 Å². The molecule has 1 aliphatic heterocycles. The van der Waals surface area contributed by atoms with Crippen LogP contribution in [0, 0.1) is 0 Å². The Hall–Kier alpha value is -2.12. The van der Waals surface area contributed by atoms with Gasteiger partial charge in [-0.1, -0.05) is 25.5 Å². The van der Waals surface area contributed by atoms with Crippen LogP contribution in [0.1, 0.15) is 31.7 Å². The zero-order valence-electron chi connectivity index (χ0n) is 14.1. The van der Waals surface area contributed by atoms with E-state index in [1.807, 2.05) is 29.2 Å². The van der Waals surface area contributed by atoms with E-state index in [4.69, 9.17) is 10.6 Å². The summed E-state index contributed by atoms with van der Waals surface area (Å²) in [6, 6.07) is 7.36. The number of nitrogens with zero attached hydrogens (tertiary/aromatic N) is 1. The Bertz CT molecular complexity index is 565. The highest BCUT2D eigenvalue weighted by molar-refractivity contribution is 5.88. The first-order valence-corrected chi connectivity index (χ1v) is 8.37. The lowest BCUT2D eigenvalue weighted by atomic mass is 10.1. The second-order valence-corrected chi connectivity index (χ2v) is 5.90. The van der Waals surface area contributed by atoms with E-state index < -0.39 is 6.04 Å². The molecule has 0 aliphatic carbocycles. The van der Waals surface area contributed by atoms with Crippen molar-refractivity contribution in [3.63, 3.8) is 0 Å². The molecule has 1 aromatic carbocycles. The van der Waals surface area contributed by atoms with Gasteiger partial charge in [0.1, 0.15) is 5.75 Å². The third-order valence-electron chi connectivity index (χ3n) is 4.03. The zero-order chi connectivity index (χ0) is 17.4. The standard InChI is InChI=1S/C17H26N4O3/c1-2-3-9-24-14-6-4-5-13(10-14)12-21-8-7-19-17(23)15(21)11-16(22)20-18/h4-6,10,15H,2-3,7-9,11-12,18H2,1H3,(H,19,23)(H,20,22). The molecule has 1 heterocycles. The summed E-state index contributed by atoms with van der Waals surface area (Å²) in [5.74, 6) is 5.49. The molecule has 1 fully saturated rings.